The molecule has 3 aromatic carbocycles. The molecule has 8 aliphatic heterocycles. The summed E-state index contributed by atoms with van der Waals surface area (Å²) in [5.41, 5.74) is 18.2. The number of tetrazole rings is 1. The number of aromatic amines is 2. The molecule has 0 bridgehead atoms. The third-order valence-electron chi connectivity index (χ3n) is 22.9. The summed E-state index contributed by atoms with van der Waals surface area (Å²) in [4.78, 5) is 36.4. The van der Waals surface area contributed by atoms with Crippen molar-refractivity contribution in [3.63, 3.8) is 0 Å². The minimum atomic E-state index is -0.714. The number of H-pyrrole nitrogens is 2. The highest BCUT2D eigenvalue weighted by Gasteiger charge is 2.38. The predicted octanol–water partition coefficient (Wildman–Crippen LogP) is 21.7. The Hall–Kier alpha value is -8.67. The maximum atomic E-state index is 11.2. The first-order chi connectivity index (χ1) is 62.9. The number of rotatable bonds is 0. The van der Waals surface area contributed by atoms with Gasteiger partial charge in [-0.1, -0.05) is 327 Å². The van der Waals surface area contributed by atoms with E-state index in [1.54, 1.807) is 18.7 Å². The number of allylic oxidation sites excluding steroid dienone is 4. The molecule has 33 heteroatoms. The largest absolute Gasteiger partial charge is 0.561 e. The molecular weight excluding hydrogens is 1740 g/mol. The second kappa shape index (κ2) is 52.0. The maximum Gasteiger partial charge on any atom is 0.546 e. The summed E-state index contributed by atoms with van der Waals surface area (Å²) >= 11 is 0. The zero-order valence-electron chi connectivity index (χ0n) is 92.6. The van der Waals surface area contributed by atoms with E-state index in [9.17, 15) is 19.7 Å². The molecule has 0 saturated carbocycles. The Balaban J connectivity index is 0.000000389. The number of aliphatic imine (C=N–C) groups is 2. The van der Waals surface area contributed by atoms with Crippen LogP contribution in [0.2, 0.25) is 26.8 Å². The number of aromatic nitrogens is 9. The van der Waals surface area contributed by atoms with Crippen molar-refractivity contribution in [3.8, 4) is 5.75 Å². The van der Waals surface area contributed by atoms with Crippen LogP contribution in [0.4, 0.5) is 0 Å². The first-order valence-electron chi connectivity index (χ1n) is 49.0. The van der Waals surface area contributed by atoms with E-state index in [1.165, 1.54) is 50.0 Å². The number of carbonyl (C=O) groups excluding carboxylic acids is 1. The minimum absolute atomic E-state index is 0. The Morgan fingerprint density at radius 1 is 0.561 bits per heavy atom. The van der Waals surface area contributed by atoms with Gasteiger partial charge in [0.1, 0.15) is 12.0 Å². The molecule has 1 fully saturated rings. The van der Waals surface area contributed by atoms with Crippen LogP contribution in [0.15, 0.2) is 157 Å². The summed E-state index contributed by atoms with van der Waals surface area (Å²) in [5.74, 6) is 3.77. The molecule has 7 aromatic rings. The van der Waals surface area contributed by atoms with E-state index in [2.05, 4.69) is 340 Å². The molecule has 139 heavy (non-hydrogen) atoms. The van der Waals surface area contributed by atoms with E-state index in [0.717, 1.165) is 68.2 Å². The van der Waals surface area contributed by atoms with Crippen LogP contribution in [-0.4, -0.2) is 161 Å². The van der Waals surface area contributed by atoms with Gasteiger partial charge in [-0.3, -0.25) is 29.0 Å². The number of hydrogen-bond acceptors (Lipinski definition) is 24. The summed E-state index contributed by atoms with van der Waals surface area (Å²) in [5, 5.41) is 59.9. The van der Waals surface area contributed by atoms with Gasteiger partial charge in [-0.05, 0) is 162 Å². The van der Waals surface area contributed by atoms with Crippen molar-refractivity contribution >= 4 is 70.4 Å². The maximum absolute atomic E-state index is 11.2. The Labute approximate surface area is 839 Å². The number of nitrogens with zero attached hydrogens (tertiary/aromatic N) is 10. The van der Waals surface area contributed by atoms with Gasteiger partial charge in [-0.25, -0.2) is 14.8 Å². The van der Waals surface area contributed by atoms with Crippen molar-refractivity contribution in [2.45, 2.75) is 399 Å². The first-order valence-corrected chi connectivity index (χ1v) is 49.0. The van der Waals surface area contributed by atoms with E-state index in [1.807, 2.05) is 119 Å². The van der Waals surface area contributed by atoms with Crippen molar-refractivity contribution in [2.24, 2.45) is 37.1 Å². The summed E-state index contributed by atoms with van der Waals surface area (Å²) in [7, 11) is -1.89. The second-order valence-electron chi connectivity index (χ2n) is 49.6. The molecule has 16 rings (SSSR count). The fourth-order valence-electron chi connectivity index (χ4n) is 14.2. The lowest BCUT2D eigenvalue weighted by molar-refractivity contribution is -0.115. The SMILES string of the molecule is C.CB1Cc2ccc(C(C)(C)C)cc2O1.CB1OCc2cc(C(C)(C)C)ccc21.CB1OCc2ccc(C(C)(C)C)cc21.CC(C)(C)C1=C(O)CCC1=O.CC(C)(C)C1=CCOB1O.CC(C)(C)C1=NC=CC1.CC(C)(C)C1=NCB(O)O1.CC(C)(C)C1CCB(O)O1.CC(C)(C)N1CC=CN1.CC(C)(C)c1ncco1.CC(C)(C)c1nn[nH]n1.CC(C)(C)c1noc(=O)[nH]1.CC(C)(C)n1cccn1. The number of carbonyl (C=O) groups is 1. The lowest BCUT2D eigenvalue weighted by Gasteiger charge is -2.31. The third-order valence-corrected chi connectivity index (χ3v) is 22.9. The molecule has 0 radical (unpaired) electrons. The topological polar surface area (TPSA) is 351 Å². The summed E-state index contributed by atoms with van der Waals surface area (Å²) in [6.45, 7) is 92.7. The van der Waals surface area contributed by atoms with Crippen LogP contribution in [0.25, 0.3) is 0 Å². The van der Waals surface area contributed by atoms with Gasteiger partial charge in [0.05, 0.1) is 37.2 Å². The number of ketones is 1. The highest BCUT2D eigenvalue weighted by atomic mass is 16.5. The van der Waals surface area contributed by atoms with Gasteiger partial charge in [0.15, 0.2) is 29.2 Å². The molecule has 1 unspecified atom stereocenters. The van der Waals surface area contributed by atoms with E-state index >= 15 is 0 Å². The molecule has 7 N–H and O–H groups in total. The number of oxazole rings is 1. The van der Waals surface area contributed by atoms with E-state index in [0.29, 0.717) is 55.9 Å². The molecule has 9 aliphatic rings. The van der Waals surface area contributed by atoms with Gasteiger partial charge >= 0.3 is 47.9 Å². The van der Waals surface area contributed by atoms with Crippen LogP contribution in [0.5, 0.6) is 5.75 Å². The zero-order valence-corrected chi connectivity index (χ0v) is 92.6. The van der Waals surface area contributed by atoms with Crippen LogP contribution in [0.1, 0.15) is 354 Å². The number of aliphatic hydroxyl groups is 1. The number of benzene rings is 3. The minimum Gasteiger partial charge on any atom is -0.561 e. The number of hydrazine groups is 1. The van der Waals surface area contributed by atoms with Crippen LogP contribution in [0, 0.1) is 27.1 Å². The molecule has 1 saturated heterocycles. The van der Waals surface area contributed by atoms with Gasteiger partial charge in [0.2, 0.25) is 0 Å². The number of nitrogens with one attached hydrogen (secondary N) is 3. The Morgan fingerprint density at radius 2 is 1.14 bits per heavy atom. The van der Waals surface area contributed by atoms with Gasteiger partial charge in [-0.2, -0.15) is 10.3 Å². The number of aliphatic hydroxyl groups excluding tert-OH is 1. The molecular formula is C106H179B6N13O14. The van der Waals surface area contributed by atoms with Gasteiger partial charge in [-0.15, -0.1) is 10.2 Å². The summed E-state index contributed by atoms with van der Waals surface area (Å²) in [6.07, 6.45) is 22.6. The molecule has 0 amide bonds. The first kappa shape index (κ1) is 124. The normalized spacial score (nSPS) is 16.7. The molecule has 770 valence electrons. The fraction of sp³-hybridized carbons (Fsp3) is 0.642. The van der Waals surface area contributed by atoms with Crippen LogP contribution < -0.4 is 26.8 Å². The van der Waals surface area contributed by atoms with Crippen LogP contribution >= 0.6 is 0 Å². The lowest BCUT2D eigenvalue weighted by Crippen LogP contribution is -2.45. The van der Waals surface area contributed by atoms with E-state index in [-0.39, 0.29) is 104 Å². The second-order valence-corrected chi connectivity index (χ2v) is 49.6. The van der Waals surface area contributed by atoms with Gasteiger partial charge < -0.3 is 57.9 Å². The standard InChI is InChI=1S/3C12H17BO.C9H14O2.C8H13N.C7H13BO2.C7H15BO2.C7H14N2.C7H12N2.C7H11NO.C6H12BNO2.C6H10N2O2.C5H10N4.CH4/c1-12(2,3)10-5-6-11-9(7-10)8-14-13(11)4;1-12(2,3)10-6-5-9-8-14-13(4)11(9)7-10;1-12(2,3)10-6-5-9-8-13(4)14-11(9)7-10;1-9(2,3)8-6(10)4-5-7(8)11;1-8(2,3)7-5-4-6-9-7;1-7(2,3)6-4-5-10-8(6)9;1-7(2,3)6-4-5-8(9)10-6;2*1-7(2,3)9-6-4-5-8-9;1-7(2,3)6-8-4-5-9-6;1-6(2,3)5-8-4-7(9)10-5;1-6(2,3)4-7-5(9)10-8-4;1-5(2,3)4-6-8-9-7-4;/h3*5-7H,8H2,1-4H3;10H,4-5H2,1-3H3;4,6H,5H2,1-3H3;4,9H,5H2,1-3H3;6,9H,4-5H2,1-3H3;4-5,8H,6H2,1-3H3;4-6H,1-3H3;4-5H,1-3H3;9H,4H2,1-3H3;1-3H3,(H,7,8,9);1-3H3,(H,6,7,8,9);1H4. The number of Topliss-reactive ketones (excluding diaryl/α,β-unsaturated/α-hetero) is 1. The fourth-order valence-corrected chi connectivity index (χ4v) is 14.2. The van der Waals surface area contributed by atoms with Crippen molar-refractivity contribution in [3.05, 3.63) is 194 Å². The van der Waals surface area contributed by atoms with Crippen molar-refractivity contribution < 1.29 is 61.8 Å². The number of fused-ring (bicyclic) bond motifs is 3. The van der Waals surface area contributed by atoms with Crippen LogP contribution in [0.3, 0.4) is 0 Å². The summed E-state index contributed by atoms with van der Waals surface area (Å²) < 4.78 is 43.5. The Bertz CT molecular complexity index is 4990. The third kappa shape index (κ3) is 43.6. The summed E-state index contributed by atoms with van der Waals surface area (Å²) in [6, 6.07) is 22.0. The van der Waals surface area contributed by atoms with Crippen LogP contribution in [-0.2, 0) is 85.6 Å². The average molecular weight is 1920 g/mol. The number of hydrogen-bond donors (Lipinski definition) is 7. The lowest BCUT2D eigenvalue weighted by atomic mass is 9.63. The molecule has 0 spiro atoms. The van der Waals surface area contributed by atoms with Gasteiger partial charge in [0, 0.05) is 107 Å². The molecule has 1 aliphatic carbocycles. The molecule has 1 atom stereocenters. The van der Waals surface area contributed by atoms with Gasteiger partial charge in [0.25, 0.3) is 0 Å². The zero-order chi connectivity index (χ0) is 105. The van der Waals surface area contributed by atoms with Crippen molar-refractivity contribution in [1.29, 1.82) is 0 Å². The molecule has 27 nitrogen and oxygen atoms in total. The van der Waals surface area contributed by atoms with E-state index in [4.69, 9.17) is 42.4 Å². The predicted molar refractivity (Wildman–Crippen MR) is 578 cm³/mol. The smallest absolute Gasteiger partial charge is 0.546 e. The molecule has 4 aromatic heterocycles. The van der Waals surface area contributed by atoms with E-state index < -0.39 is 27.1 Å². The van der Waals surface area contributed by atoms with Crippen molar-refractivity contribution in [2.75, 3.05) is 19.6 Å². The Morgan fingerprint density at radius 3 is 1.46 bits per heavy atom. The highest BCUT2D eigenvalue weighted by molar-refractivity contribution is 6.68. The van der Waals surface area contributed by atoms with Crippen molar-refractivity contribution in [1.82, 2.24) is 56.0 Å². The molecule has 12 heterocycles. The highest BCUT2D eigenvalue weighted by Crippen LogP contribution is 2.38. The monoisotopic (exact) mass is 1920 g/mol. The Kier molecular flexibility index (Phi) is 46.6. The average Bonchev–Trinajstić information content (AvgIpc) is 1.67. The quantitative estimate of drug-likeness (QED) is 0.0694.